The van der Waals surface area contributed by atoms with E-state index >= 15 is 0 Å². The lowest BCUT2D eigenvalue weighted by molar-refractivity contribution is -0.114. The maximum atomic E-state index is 12.4. The van der Waals surface area contributed by atoms with E-state index in [0.29, 0.717) is 11.3 Å². The Morgan fingerprint density at radius 3 is 2.23 bits per heavy atom. The van der Waals surface area contributed by atoms with E-state index < -0.39 is 10.0 Å². The van der Waals surface area contributed by atoms with Gasteiger partial charge in [0, 0.05) is 25.5 Å². The highest BCUT2D eigenvalue weighted by atomic mass is 32.2. The molecule has 0 atom stereocenters. The number of nitrogens with one attached hydrogen (secondary N) is 2. The third-order valence-corrected chi connectivity index (χ3v) is 6.00. The molecule has 0 aliphatic carbocycles. The quantitative estimate of drug-likeness (QED) is 0.780. The van der Waals surface area contributed by atoms with E-state index in [1.165, 1.54) is 24.0 Å². The van der Waals surface area contributed by atoms with E-state index in [-0.39, 0.29) is 17.3 Å². The number of anilines is 2. The van der Waals surface area contributed by atoms with Gasteiger partial charge in [0.25, 0.3) is 0 Å². The van der Waals surface area contributed by atoms with Crippen LogP contribution in [0.4, 0.5) is 11.4 Å². The average Bonchev–Trinajstić information content (AvgIpc) is 2.61. The van der Waals surface area contributed by atoms with Gasteiger partial charge in [-0.25, -0.2) is 12.7 Å². The number of aryl methyl sites for hydroxylation is 2. The lowest BCUT2D eigenvalue weighted by Gasteiger charge is -2.15. The monoisotopic (exact) mass is 375 g/mol. The van der Waals surface area contributed by atoms with Crippen molar-refractivity contribution in [3.63, 3.8) is 0 Å². The summed E-state index contributed by atoms with van der Waals surface area (Å²) in [4.78, 5) is 12.3. The molecule has 0 radical (unpaired) electrons. The number of rotatable bonds is 7. The van der Waals surface area contributed by atoms with Crippen LogP contribution in [0.15, 0.2) is 47.4 Å². The number of carbonyl (C=O) groups is 1. The third-order valence-electron chi connectivity index (χ3n) is 4.05. The van der Waals surface area contributed by atoms with Crippen LogP contribution in [-0.4, -0.2) is 39.3 Å². The molecule has 2 aromatic rings. The lowest BCUT2D eigenvalue weighted by atomic mass is 10.1. The number of amides is 1. The van der Waals surface area contributed by atoms with Crippen molar-refractivity contribution in [3.05, 3.63) is 53.6 Å². The molecular weight excluding hydrogens is 350 g/mol. The Morgan fingerprint density at radius 2 is 1.65 bits per heavy atom. The first-order valence-electron chi connectivity index (χ1n) is 8.40. The van der Waals surface area contributed by atoms with Crippen LogP contribution in [0.5, 0.6) is 0 Å². The minimum atomic E-state index is -3.53. The fourth-order valence-corrected chi connectivity index (χ4v) is 3.54. The van der Waals surface area contributed by atoms with Gasteiger partial charge in [-0.15, -0.1) is 0 Å². The maximum absolute atomic E-state index is 12.4. The van der Waals surface area contributed by atoms with Gasteiger partial charge in [0.05, 0.1) is 11.4 Å². The van der Waals surface area contributed by atoms with Gasteiger partial charge in [-0.2, -0.15) is 0 Å². The number of hydrogen-bond donors (Lipinski definition) is 2. The summed E-state index contributed by atoms with van der Waals surface area (Å²) in [5.41, 5.74) is 3.17. The van der Waals surface area contributed by atoms with Crippen LogP contribution >= 0.6 is 0 Å². The van der Waals surface area contributed by atoms with Crippen LogP contribution in [0.1, 0.15) is 18.1 Å². The highest BCUT2D eigenvalue weighted by Gasteiger charge is 2.20. The molecule has 0 aromatic heterocycles. The summed E-state index contributed by atoms with van der Waals surface area (Å²) >= 11 is 0. The van der Waals surface area contributed by atoms with Gasteiger partial charge >= 0.3 is 0 Å². The van der Waals surface area contributed by atoms with E-state index in [9.17, 15) is 13.2 Å². The second-order valence-electron chi connectivity index (χ2n) is 6.22. The topological polar surface area (TPSA) is 78.5 Å². The Morgan fingerprint density at radius 1 is 1.04 bits per heavy atom. The van der Waals surface area contributed by atoms with Crippen LogP contribution in [-0.2, 0) is 21.2 Å². The second kappa shape index (κ2) is 8.33. The summed E-state index contributed by atoms with van der Waals surface area (Å²) in [5, 5.41) is 5.78. The molecule has 2 aromatic carbocycles. The molecule has 6 nitrogen and oxygen atoms in total. The van der Waals surface area contributed by atoms with Crippen molar-refractivity contribution in [2.24, 2.45) is 0 Å². The largest absolute Gasteiger partial charge is 0.376 e. The Labute approximate surface area is 155 Å². The van der Waals surface area contributed by atoms with E-state index in [2.05, 4.69) is 17.6 Å². The zero-order valence-electron chi connectivity index (χ0n) is 15.5. The molecule has 2 rings (SSSR count). The van der Waals surface area contributed by atoms with Crippen LogP contribution in [0.2, 0.25) is 0 Å². The summed E-state index contributed by atoms with van der Waals surface area (Å²) < 4.78 is 25.9. The highest BCUT2D eigenvalue weighted by Crippen LogP contribution is 2.22. The van der Waals surface area contributed by atoms with Gasteiger partial charge in [-0.1, -0.05) is 25.1 Å². The molecule has 0 fully saturated rings. The molecule has 0 saturated heterocycles. The normalized spacial score (nSPS) is 11.4. The second-order valence-corrected chi connectivity index (χ2v) is 8.34. The Balaban J connectivity index is 2.03. The Bertz CT molecular complexity index is 875. The van der Waals surface area contributed by atoms with Gasteiger partial charge in [-0.05, 0) is 48.7 Å². The predicted octanol–water partition coefficient (Wildman–Crippen LogP) is 2.86. The number of sulfonamides is 1. The minimum Gasteiger partial charge on any atom is -0.376 e. The van der Waals surface area contributed by atoms with Crippen LogP contribution in [0, 0.1) is 6.92 Å². The number of benzene rings is 2. The summed E-state index contributed by atoms with van der Waals surface area (Å²) in [5.74, 6) is -0.202. The molecule has 0 aliphatic heterocycles. The minimum absolute atomic E-state index is 0.0417. The molecular formula is C19H25N3O3S. The zero-order chi connectivity index (χ0) is 19.3. The van der Waals surface area contributed by atoms with E-state index in [1.54, 1.807) is 25.1 Å². The van der Waals surface area contributed by atoms with Crippen LogP contribution < -0.4 is 10.6 Å². The first kappa shape index (κ1) is 19.9. The zero-order valence-corrected chi connectivity index (χ0v) is 16.4. The van der Waals surface area contributed by atoms with E-state index in [0.717, 1.165) is 12.1 Å². The third kappa shape index (κ3) is 4.83. The van der Waals surface area contributed by atoms with Crippen molar-refractivity contribution in [1.82, 2.24) is 4.31 Å². The van der Waals surface area contributed by atoms with Crippen LogP contribution in [0.3, 0.4) is 0 Å². The standard InChI is InChI=1S/C19H25N3O3S/c1-5-15-7-10-16(11-8-15)21-19(23)13-20-17-9-6-14(2)18(12-17)26(24,25)22(3)4/h6-12,20H,5,13H2,1-4H3,(H,21,23). The molecule has 0 spiro atoms. The lowest BCUT2D eigenvalue weighted by Crippen LogP contribution is -2.24. The number of nitrogens with zero attached hydrogens (tertiary/aromatic N) is 1. The fraction of sp³-hybridized carbons (Fsp3) is 0.316. The summed E-state index contributed by atoms with van der Waals surface area (Å²) in [7, 11) is -0.547. The van der Waals surface area contributed by atoms with Crippen molar-refractivity contribution < 1.29 is 13.2 Å². The average molecular weight is 375 g/mol. The Kier molecular flexibility index (Phi) is 6.39. The fourth-order valence-electron chi connectivity index (χ4n) is 2.40. The molecule has 0 aliphatic rings. The predicted molar refractivity (Wildman–Crippen MR) is 105 cm³/mol. The molecule has 1 amide bonds. The molecule has 0 bridgehead atoms. The van der Waals surface area contributed by atoms with Gasteiger partial charge in [-0.3, -0.25) is 4.79 Å². The SMILES string of the molecule is CCc1ccc(NC(=O)CNc2ccc(C)c(S(=O)(=O)N(C)C)c2)cc1. The van der Waals surface area contributed by atoms with Gasteiger partial charge < -0.3 is 10.6 Å². The van der Waals surface area contributed by atoms with Gasteiger partial charge in [0.1, 0.15) is 0 Å². The number of carbonyl (C=O) groups excluding carboxylic acids is 1. The molecule has 2 N–H and O–H groups in total. The van der Waals surface area contributed by atoms with Crippen LogP contribution in [0.25, 0.3) is 0 Å². The van der Waals surface area contributed by atoms with E-state index in [1.807, 2.05) is 24.3 Å². The van der Waals surface area contributed by atoms with Gasteiger partial charge in [0.15, 0.2) is 0 Å². The van der Waals surface area contributed by atoms with Crippen molar-refractivity contribution in [3.8, 4) is 0 Å². The number of hydrogen-bond acceptors (Lipinski definition) is 4. The molecule has 0 heterocycles. The highest BCUT2D eigenvalue weighted by molar-refractivity contribution is 7.89. The maximum Gasteiger partial charge on any atom is 0.243 e. The van der Waals surface area contributed by atoms with E-state index in [4.69, 9.17) is 0 Å². The first-order chi connectivity index (χ1) is 12.2. The van der Waals surface area contributed by atoms with Gasteiger partial charge in [0.2, 0.25) is 15.9 Å². The van der Waals surface area contributed by atoms with Crippen molar-refractivity contribution in [2.45, 2.75) is 25.2 Å². The summed E-state index contributed by atoms with van der Waals surface area (Å²) in [6.07, 6.45) is 0.946. The molecule has 0 saturated carbocycles. The Hall–Kier alpha value is -2.38. The summed E-state index contributed by atoms with van der Waals surface area (Å²) in [6.45, 7) is 3.86. The smallest absolute Gasteiger partial charge is 0.243 e. The molecule has 0 unspecified atom stereocenters. The molecule has 140 valence electrons. The summed E-state index contributed by atoms with van der Waals surface area (Å²) in [6, 6.07) is 12.7. The first-order valence-corrected chi connectivity index (χ1v) is 9.84. The van der Waals surface area contributed by atoms with Crippen molar-refractivity contribution in [1.29, 1.82) is 0 Å². The molecule has 26 heavy (non-hydrogen) atoms. The van der Waals surface area contributed by atoms with Crippen molar-refractivity contribution >= 4 is 27.3 Å². The van der Waals surface area contributed by atoms with Crippen molar-refractivity contribution in [2.75, 3.05) is 31.3 Å². The molecule has 7 heteroatoms.